The van der Waals surface area contributed by atoms with Crippen LogP contribution in [0.2, 0.25) is 0 Å². The number of hydrogen-bond acceptors (Lipinski definition) is 5. The summed E-state index contributed by atoms with van der Waals surface area (Å²) in [5.41, 5.74) is -1.19. The number of aliphatic hydroxyl groups excluding tert-OH is 1. The van der Waals surface area contributed by atoms with Crippen LogP contribution in [0.25, 0.3) is 0 Å². The summed E-state index contributed by atoms with van der Waals surface area (Å²) in [6.07, 6.45) is -0.00761. The minimum Gasteiger partial charge on any atom is -0.497 e. The fourth-order valence-corrected chi connectivity index (χ4v) is 1.54. The standard InChI is InChI=1S/C13H18O5/c1-3-18-12(15)13(16,9-14)8-10-4-6-11(17-2)7-5-10/h4-7,14,16H,3,8-9H2,1-2H3. The van der Waals surface area contributed by atoms with E-state index in [1.54, 1.807) is 38.3 Å². The number of methoxy groups -OCH3 is 1. The van der Waals surface area contributed by atoms with Crippen molar-refractivity contribution in [3.05, 3.63) is 29.8 Å². The summed E-state index contributed by atoms with van der Waals surface area (Å²) in [7, 11) is 1.55. The lowest BCUT2D eigenvalue weighted by molar-refractivity contribution is -0.169. The second-order valence-electron chi connectivity index (χ2n) is 3.94. The Balaban J connectivity index is 2.80. The molecule has 0 aliphatic rings. The van der Waals surface area contributed by atoms with Crippen molar-refractivity contribution in [1.29, 1.82) is 0 Å². The zero-order valence-corrected chi connectivity index (χ0v) is 10.5. The number of ether oxygens (including phenoxy) is 2. The normalized spacial score (nSPS) is 13.8. The fraction of sp³-hybridized carbons (Fsp3) is 0.462. The molecule has 0 amide bonds. The first-order valence-corrected chi connectivity index (χ1v) is 5.69. The molecule has 5 heteroatoms. The van der Waals surface area contributed by atoms with E-state index in [0.717, 1.165) is 0 Å². The summed E-state index contributed by atoms with van der Waals surface area (Å²) in [4.78, 5) is 11.6. The van der Waals surface area contributed by atoms with Gasteiger partial charge in [0.1, 0.15) is 5.75 Å². The molecule has 0 saturated carbocycles. The quantitative estimate of drug-likeness (QED) is 0.724. The Kier molecular flexibility index (Phi) is 5.12. The molecule has 1 aromatic rings. The molecular formula is C13H18O5. The van der Waals surface area contributed by atoms with Crippen LogP contribution in [0.5, 0.6) is 5.75 Å². The van der Waals surface area contributed by atoms with Gasteiger partial charge in [0.25, 0.3) is 0 Å². The number of carbonyl (C=O) groups excluding carboxylic acids is 1. The third kappa shape index (κ3) is 3.45. The van der Waals surface area contributed by atoms with E-state index >= 15 is 0 Å². The summed E-state index contributed by atoms with van der Waals surface area (Å²) in [5, 5.41) is 19.2. The molecule has 0 aliphatic carbocycles. The number of rotatable bonds is 6. The Hall–Kier alpha value is -1.59. The number of aliphatic hydroxyl groups is 2. The van der Waals surface area contributed by atoms with E-state index in [1.807, 2.05) is 0 Å². The lowest BCUT2D eigenvalue weighted by atomic mass is 9.95. The minimum atomic E-state index is -1.90. The highest BCUT2D eigenvalue weighted by Gasteiger charge is 2.37. The Labute approximate surface area is 106 Å². The second-order valence-corrected chi connectivity index (χ2v) is 3.94. The van der Waals surface area contributed by atoms with E-state index in [2.05, 4.69) is 0 Å². The van der Waals surface area contributed by atoms with Gasteiger partial charge in [-0.2, -0.15) is 0 Å². The molecule has 0 fully saturated rings. The van der Waals surface area contributed by atoms with Gasteiger partial charge in [-0.05, 0) is 24.6 Å². The van der Waals surface area contributed by atoms with Gasteiger partial charge in [0.2, 0.25) is 0 Å². The van der Waals surface area contributed by atoms with Crippen molar-refractivity contribution < 1.29 is 24.5 Å². The van der Waals surface area contributed by atoms with Crippen LogP contribution in [0, 0.1) is 0 Å². The van der Waals surface area contributed by atoms with Crippen LogP contribution in [0.3, 0.4) is 0 Å². The highest BCUT2D eigenvalue weighted by Crippen LogP contribution is 2.18. The SMILES string of the molecule is CCOC(=O)C(O)(CO)Cc1ccc(OC)cc1. The van der Waals surface area contributed by atoms with Crippen LogP contribution in [0.1, 0.15) is 12.5 Å². The first-order chi connectivity index (χ1) is 8.55. The van der Waals surface area contributed by atoms with Gasteiger partial charge in [-0.3, -0.25) is 0 Å². The molecule has 0 radical (unpaired) electrons. The largest absolute Gasteiger partial charge is 0.497 e. The highest BCUT2D eigenvalue weighted by molar-refractivity contribution is 5.79. The van der Waals surface area contributed by atoms with Crippen molar-refractivity contribution in [2.45, 2.75) is 18.9 Å². The van der Waals surface area contributed by atoms with E-state index < -0.39 is 18.2 Å². The molecule has 100 valence electrons. The zero-order chi connectivity index (χ0) is 13.6. The number of benzene rings is 1. The average molecular weight is 254 g/mol. The van der Waals surface area contributed by atoms with Gasteiger partial charge < -0.3 is 19.7 Å². The van der Waals surface area contributed by atoms with E-state index in [-0.39, 0.29) is 13.0 Å². The van der Waals surface area contributed by atoms with Gasteiger partial charge in [-0.25, -0.2) is 4.79 Å². The van der Waals surface area contributed by atoms with E-state index in [9.17, 15) is 9.90 Å². The summed E-state index contributed by atoms with van der Waals surface area (Å²) < 4.78 is 9.75. The predicted molar refractivity (Wildman–Crippen MR) is 65.4 cm³/mol. The third-order valence-electron chi connectivity index (χ3n) is 2.57. The first-order valence-electron chi connectivity index (χ1n) is 5.69. The van der Waals surface area contributed by atoms with Crippen molar-refractivity contribution in [3.8, 4) is 5.75 Å². The predicted octanol–water partition coefficient (Wildman–Crippen LogP) is 0.524. The number of carbonyl (C=O) groups is 1. The van der Waals surface area contributed by atoms with Gasteiger partial charge in [0.05, 0.1) is 20.3 Å². The van der Waals surface area contributed by atoms with E-state index in [4.69, 9.17) is 14.6 Å². The second kappa shape index (κ2) is 6.37. The fourth-order valence-electron chi connectivity index (χ4n) is 1.54. The van der Waals surface area contributed by atoms with Gasteiger partial charge in [0.15, 0.2) is 5.60 Å². The molecule has 0 spiro atoms. The molecule has 2 N–H and O–H groups in total. The summed E-state index contributed by atoms with van der Waals surface area (Å²) in [5.74, 6) is -0.134. The molecule has 18 heavy (non-hydrogen) atoms. The van der Waals surface area contributed by atoms with E-state index in [0.29, 0.717) is 11.3 Å². The third-order valence-corrected chi connectivity index (χ3v) is 2.57. The van der Waals surface area contributed by atoms with Gasteiger partial charge in [0, 0.05) is 6.42 Å². The molecule has 1 aromatic carbocycles. The molecule has 1 rings (SSSR count). The van der Waals surface area contributed by atoms with Crippen molar-refractivity contribution >= 4 is 5.97 Å². The van der Waals surface area contributed by atoms with Crippen LogP contribution in [0.15, 0.2) is 24.3 Å². The van der Waals surface area contributed by atoms with Crippen LogP contribution in [-0.4, -0.2) is 42.1 Å². The maximum Gasteiger partial charge on any atom is 0.340 e. The zero-order valence-electron chi connectivity index (χ0n) is 10.5. The summed E-state index contributed by atoms with van der Waals surface area (Å²) in [6.45, 7) is 1.12. The molecule has 0 aromatic heterocycles. The first kappa shape index (κ1) is 14.5. The van der Waals surface area contributed by atoms with Crippen LogP contribution in [0.4, 0.5) is 0 Å². The van der Waals surface area contributed by atoms with Crippen molar-refractivity contribution in [2.75, 3.05) is 20.3 Å². The van der Waals surface area contributed by atoms with E-state index in [1.165, 1.54) is 0 Å². The van der Waals surface area contributed by atoms with Gasteiger partial charge >= 0.3 is 5.97 Å². The summed E-state index contributed by atoms with van der Waals surface area (Å²) in [6, 6.07) is 6.88. The Morgan fingerprint density at radius 1 is 1.33 bits per heavy atom. The van der Waals surface area contributed by atoms with Crippen molar-refractivity contribution in [2.24, 2.45) is 0 Å². The summed E-state index contributed by atoms with van der Waals surface area (Å²) >= 11 is 0. The maximum absolute atomic E-state index is 11.6. The molecule has 1 atom stereocenters. The molecule has 1 unspecified atom stereocenters. The lowest BCUT2D eigenvalue weighted by Gasteiger charge is -2.23. The maximum atomic E-state index is 11.6. The Morgan fingerprint density at radius 2 is 1.94 bits per heavy atom. The average Bonchev–Trinajstić information content (AvgIpc) is 2.39. The molecule has 5 nitrogen and oxygen atoms in total. The van der Waals surface area contributed by atoms with Crippen LogP contribution < -0.4 is 4.74 Å². The van der Waals surface area contributed by atoms with Gasteiger partial charge in [-0.1, -0.05) is 12.1 Å². The Morgan fingerprint density at radius 3 is 2.39 bits per heavy atom. The Bertz CT molecular complexity index is 387. The molecule has 0 saturated heterocycles. The van der Waals surface area contributed by atoms with Crippen molar-refractivity contribution in [1.82, 2.24) is 0 Å². The monoisotopic (exact) mass is 254 g/mol. The molecule has 0 aliphatic heterocycles. The van der Waals surface area contributed by atoms with Crippen molar-refractivity contribution in [3.63, 3.8) is 0 Å². The smallest absolute Gasteiger partial charge is 0.340 e. The van der Waals surface area contributed by atoms with Crippen LogP contribution >= 0.6 is 0 Å². The topological polar surface area (TPSA) is 76.0 Å². The number of esters is 1. The lowest BCUT2D eigenvalue weighted by Crippen LogP contribution is -2.45. The highest BCUT2D eigenvalue weighted by atomic mass is 16.6. The number of hydrogen-bond donors (Lipinski definition) is 2. The van der Waals surface area contributed by atoms with Crippen LogP contribution in [-0.2, 0) is 16.0 Å². The minimum absolute atomic E-state index is 0.00761. The molecule has 0 heterocycles. The molecular weight excluding hydrogens is 236 g/mol. The van der Waals surface area contributed by atoms with Gasteiger partial charge in [-0.15, -0.1) is 0 Å². The molecule has 0 bridgehead atoms.